The fourth-order valence-corrected chi connectivity index (χ4v) is 4.24. The van der Waals surface area contributed by atoms with E-state index in [9.17, 15) is 18.0 Å². The van der Waals surface area contributed by atoms with Crippen LogP contribution >= 0.6 is 11.8 Å². The lowest BCUT2D eigenvalue weighted by Crippen LogP contribution is -2.45. The molecule has 2 saturated heterocycles. The highest BCUT2D eigenvalue weighted by Crippen LogP contribution is 2.27. The lowest BCUT2D eigenvalue weighted by atomic mass is 10.1. The van der Waals surface area contributed by atoms with Gasteiger partial charge in [-0.2, -0.15) is 11.8 Å². The standard InChI is InChI=1S/C16H18F3NO2S/c17-13-4-3-12(14(18)15(13)19)16(21)20(10-5-7-23-9-10)8-11-2-1-6-22-11/h3-4,10-11H,1-2,5-9H2/t10-,11+/m0/s1. The third-order valence-corrected chi connectivity index (χ3v) is 5.44. The minimum atomic E-state index is -1.60. The summed E-state index contributed by atoms with van der Waals surface area (Å²) in [6, 6.07) is 1.78. The van der Waals surface area contributed by atoms with Gasteiger partial charge in [-0.15, -0.1) is 0 Å². The predicted octanol–water partition coefficient (Wildman–Crippen LogP) is 3.23. The molecule has 3 rings (SSSR count). The number of hydrogen-bond acceptors (Lipinski definition) is 3. The van der Waals surface area contributed by atoms with Crippen LogP contribution in [-0.2, 0) is 4.74 Å². The predicted molar refractivity (Wildman–Crippen MR) is 82.1 cm³/mol. The Morgan fingerprint density at radius 1 is 1.26 bits per heavy atom. The number of thioether (sulfide) groups is 1. The van der Waals surface area contributed by atoms with Crippen LogP contribution in [0.5, 0.6) is 0 Å². The van der Waals surface area contributed by atoms with Crippen molar-refractivity contribution in [3.8, 4) is 0 Å². The van der Waals surface area contributed by atoms with Crippen molar-refractivity contribution in [1.82, 2.24) is 4.90 Å². The van der Waals surface area contributed by atoms with Gasteiger partial charge in [-0.25, -0.2) is 13.2 Å². The summed E-state index contributed by atoms with van der Waals surface area (Å²) in [4.78, 5) is 14.3. The van der Waals surface area contributed by atoms with Gasteiger partial charge >= 0.3 is 0 Å². The van der Waals surface area contributed by atoms with Crippen LogP contribution in [0.2, 0.25) is 0 Å². The summed E-state index contributed by atoms with van der Waals surface area (Å²) >= 11 is 1.73. The molecule has 1 amide bonds. The Morgan fingerprint density at radius 3 is 2.74 bits per heavy atom. The topological polar surface area (TPSA) is 29.5 Å². The minimum absolute atomic E-state index is 0.0239. The SMILES string of the molecule is O=C(c1ccc(F)c(F)c1F)N(C[C@H]1CCCO1)[C@H]1CCSC1. The highest BCUT2D eigenvalue weighted by molar-refractivity contribution is 7.99. The zero-order valence-corrected chi connectivity index (χ0v) is 13.4. The van der Waals surface area contributed by atoms with Crippen LogP contribution in [0.15, 0.2) is 12.1 Å². The van der Waals surface area contributed by atoms with Gasteiger partial charge in [0.1, 0.15) is 0 Å². The van der Waals surface area contributed by atoms with E-state index in [0.29, 0.717) is 13.2 Å². The van der Waals surface area contributed by atoms with Crippen molar-refractivity contribution in [1.29, 1.82) is 0 Å². The lowest BCUT2D eigenvalue weighted by Gasteiger charge is -2.31. The van der Waals surface area contributed by atoms with Gasteiger partial charge in [0.2, 0.25) is 0 Å². The first kappa shape index (κ1) is 16.6. The van der Waals surface area contributed by atoms with Crippen LogP contribution in [-0.4, -0.2) is 47.6 Å². The lowest BCUT2D eigenvalue weighted by molar-refractivity contribution is 0.0437. The van der Waals surface area contributed by atoms with Gasteiger partial charge in [-0.1, -0.05) is 0 Å². The molecule has 0 unspecified atom stereocenters. The maximum absolute atomic E-state index is 14.0. The molecule has 126 valence electrons. The van der Waals surface area contributed by atoms with Crippen molar-refractivity contribution in [2.45, 2.75) is 31.4 Å². The first-order chi connectivity index (χ1) is 11.1. The molecule has 1 aromatic rings. The van der Waals surface area contributed by atoms with Gasteiger partial charge in [0.05, 0.1) is 11.7 Å². The maximum Gasteiger partial charge on any atom is 0.257 e. The Hall–Kier alpha value is -1.21. The average molecular weight is 345 g/mol. The number of benzene rings is 1. The molecule has 2 heterocycles. The molecule has 2 atom stereocenters. The van der Waals surface area contributed by atoms with E-state index in [0.717, 1.165) is 42.9 Å². The molecule has 2 fully saturated rings. The third kappa shape index (κ3) is 3.50. The summed E-state index contributed by atoms with van der Waals surface area (Å²) < 4.78 is 46.1. The number of carbonyl (C=O) groups excluding carboxylic acids is 1. The minimum Gasteiger partial charge on any atom is -0.376 e. The summed E-state index contributed by atoms with van der Waals surface area (Å²) in [5.41, 5.74) is -0.418. The summed E-state index contributed by atoms with van der Waals surface area (Å²) in [6.07, 6.45) is 2.53. The molecule has 0 bridgehead atoms. The highest BCUT2D eigenvalue weighted by atomic mass is 32.2. The summed E-state index contributed by atoms with van der Waals surface area (Å²) in [5, 5.41) is 0. The molecule has 0 saturated carbocycles. The van der Waals surface area contributed by atoms with Crippen molar-refractivity contribution in [2.24, 2.45) is 0 Å². The molecule has 1 aromatic carbocycles. The number of nitrogens with zero attached hydrogens (tertiary/aromatic N) is 1. The van der Waals surface area contributed by atoms with Crippen LogP contribution in [0, 0.1) is 17.5 Å². The Balaban J connectivity index is 1.85. The number of rotatable bonds is 4. The van der Waals surface area contributed by atoms with Gasteiger partial charge in [-0.3, -0.25) is 4.79 Å². The zero-order chi connectivity index (χ0) is 16.4. The highest BCUT2D eigenvalue weighted by Gasteiger charge is 2.33. The summed E-state index contributed by atoms with van der Waals surface area (Å²) in [6.45, 7) is 1.02. The van der Waals surface area contributed by atoms with E-state index >= 15 is 0 Å². The van der Waals surface area contributed by atoms with Crippen molar-refractivity contribution < 1.29 is 22.7 Å². The normalized spacial score (nSPS) is 24.1. The Bertz CT molecular complexity index is 587. The van der Waals surface area contributed by atoms with Crippen molar-refractivity contribution in [3.05, 3.63) is 35.1 Å². The summed E-state index contributed by atoms with van der Waals surface area (Å²) in [7, 11) is 0. The van der Waals surface area contributed by atoms with E-state index in [1.165, 1.54) is 0 Å². The Kier molecular flexibility index (Phi) is 5.16. The molecule has 2 aliphatic heterocycles. The second-order valence-electron chi connectivity index (χ2n) is 5.83. The average Bonchev–Trinajstić information content (AvgIpc) is 3.23. The van der Waals surface area contributed by atoms with Gasteiger partial charge in [0.15, 0.2) is 17.5 Å². The largest absolute Gasteiger partial charge is 0.376 e. The number of amides is 1. The monoisotopic (exact) mass is 345 g/mol. The maximum atomic E-state index is 14.0. The molecule has 3 nitrogen and oxygen atoms in total. The molecule has 0 aliphatic carbocycles. The van der Waals surface area contributed by atoms with Gasteiger partial charge < -0.3 is 9.64 Å². The van der Waals surface area contributed by atoms with E-state index < -0.39 is 28.9 Å². The Morgan fingerprint density at radius 2 is 2.09 bits per heavy atom. The van der Waals surface area contributed by atoms with Gasteiger partial charge in [0.25, 0.3) is 5.91 Å². The number of carbonyl (C=O) groups is 1. The van der Waals surface area contributed by atoms with Crippen molar-refractivity contribution >= 4 is 17.7 Å². The molecule has 0 aromatic heterocycles. The number of hydrogen-bond donors (Lipinski definition) is 0. The zero-order valence-electron chi connectivity index (χ0n) is 12.6. The molecule has 0 spiro atoms. The molecule has 0 N–H and O–H groups in total. The quantitative estimate of drug-likeness (QED) is 0.785. The van der Waals surface area contributed by atoms with Gasteiger partial charge in [0, 0.05) is 24.9 Å². The second kappa shape index (κ2) is 7.13. The number of ether oxygens (including phenoxy) is 1. The van der Waals surface area contributed by atoms with E-state index in [2.05, 4.69) is 0 Å². The first-order valence-corrected chi connectivity index (χ1v) is 8.87. The van der Waals surface area contributed by atoms with Crippen LogP contribution in [0.25, 0.3) is 0 Å². The van der Waals surface area contributed by atoms with Crippen LogP contribution in [0.1, 0.15) is 29.6 Å². The van der Waals surface area contributed by atoms with Gasteiger partial charge in [-0.05, 0) is 37.1 Å². The Labute approximate surface area is 137 Å². The fraction of sp³-hybridized carbons (Fsp3) is 0.562. The molecule has 23 heavy (non-hydrogen) atoms. The molecule has 0 radical (unpaired) electrons. The van der Waals surface area contributed by atoms with Crippen LogP contribution < -0.4 is 0 Å². The number of halogens is 3. The fourth-order valence-electron chi connectivity index (χ4n) is 3.02. The van der Waals surface area contributed by atoms with Crippen molar-refractivity contribution in [2.75, 3.05) is 24.7 Å². The summed E-state index contributed by atoms with van der Waals surface area (Å²) in [5.74, 6) is -3.21. The van der Waals surface area contributed by atoms with E-state index in [4.69, 9.17) is 4.74 Å². The van der Waals surface area contributed by atoms with E-state index in [1.807, 2.05) is 0 Å². The first-order valence-electron chi connectivity index (χ1n) is 7.71. The molecular weight excluding hydrogens is 327 g/mol. The molecule has 7 heteroatoms. The third-order valence-electron chi connectivity index (χ3n) is 4.30. The second-order valence-corrected chi connectivity index (χ2v) is 6.98. The smallest absolute Gasteiger partial charge is 0.257 e. The van der Waals surface area contributed by atoms with Crippen LogP contribution in [0.3, 0.4) is 0 Å². The molecular formula is C16H18F3NO2S. The van der Waals surface area contributed by atoms with Crippen molar-refractivity contribution in [3.63, 3.8) is 0 Å². The van der Waals surface area contributed by atoms with E-state index in [-0.39, 0.29) is 12.1 Å². The van der Waals surface area contributed by atoms with E-state index in [1.54, 1.807) is 16.7 Å². The van der Waals surface area contributed by atoms with Crippen LogP contribution in [0.4, 0.5) is 13.2 Å². The molecule has 2 aliphatic rings.